The van der Waals surface area contributed by atoms with E-state index in [-0.39, 0.29) is 11.9 Å². The van der Waals surface area contributed by atoms with Gasteiger partial charge in [-0.25, -0.2) is 0 Å². The van der Waals surface area contributed by atoms with Gasteiger partial charge in [-0.1, -0.05) is 6.92 Å². The van der Waals surface area contributed by atoms with Gasteiger partial charge in [0.1, 0.15) is 0 Å². The second kappa shape index (κ2) is 9.17. The third kappa shape index (κ3) is 5.09. The summed E-state index contributed by atoms with van der Waals surface area (Å²) in [7, 11) is 1.61. The Labute approximate surface area is 134 Å². The average Bonchev–Trinajstić information content (AvgIpc) is 2.80. The van der Waals surface area contributed by atoms with Crippen LogP contribution in [0.15, 0.2) is 4.47 Å². The van der Waals surface area contributed by atoms with Gasteiger partial charge in [0.2, 0.25) is 5.91 Å². The lowest BCUT2D eigenvalue weighted by Gasteiger charge is -2.14. The van der Waals surface area contributed by atoms with Crippen molar-refractivity contribution in [2.75, 3.05) is 20.3 Å². The summed E-state index contributed by atoms with van der Waals surface area (Å²) >= 11 is 3.60. The van der Waals surface area contributed by atoms with Crippen LogP contribution in [0.4, 0.5) is 0 Å². The zero-order valence-corrected chi connectivity index (χ0v) is 14.8. The number of hydrogen-bond acceptors (Lipinski definition) is 4. The Bertz CT molecular complexity index is 462. The molecule has 1 atom stereocenters. The first-order chi connectivity index (χ1) is 10.0. The molecule has 6 nitrogen and oxygen atoms in total. The highest BCUT2D eigenvalue weighted by molar-refractivity contribution is 9.10. The molecule has 0 saturated carbocycles. The summed E-state index contributed by atoms with van der Waals surface area (Å²) < 4.78 is 7.91. The molecule has 0 aliphatic carbocycles. The highest BCUT2D eigenvalue weighted by Gasteiger charge is 2.16. The van der Waals surface area contributed by atoms with E-state index in [2.05, 4.69) is 45.5 Å². The van der Waals surface area contributed by atoms with Crippen molar-refractivity contribution < 1.29 is 9.53 Å². The third-order valence-electron chi connectivity index (χ3n) is 3.27. The van der Waals surface area contributed by atoms with E-state index in [1.54, 1.807) is 7.11 Å². The number of nitrogens with zero attached hydrogens (tertiary/aromatic N) is 2. The van der Waals surface area contributed by atoms with Crippen LogP contribution in [0.5, 0.6) is 0 Å². The number of methoxy groups -OCH3 is 1. The van der Waals surface area contributed by atoms with E-state index in [0.29, 0.717) is 19.7 Å². The molecule has 1 aromatic rings. The Morgan fingerprint density at radius 1 is 1.48 bits per heavy atom. The van der Waals surface area contributed by atoms with Crippen LogP contribution in [0.25, 0.3) is 0 Å². The average molecular weight is 361 g/mol. The SMILES string of the molecule is CCc1nn(CC)c(CNC(C)C(=O)NCCOC)c1Br. The lowest BCUT2D eigenvalue weighted by atomic mass is 10.2. The first kappa shape index (κ1) is 18.1. The van der Waals surface area contributed by atoms with E-state index in [1.807, 2.05) is 11.6 Å². The molecule has 0 aromatic carbocycles. The maximum Gasteiger partial charge on any atom is 0.236 e. The molecule has 0 spiro atoms. The third-order valence-corrected chi connectivity index (χ3v) is 4.18. The van der Waals surface area contributed by atoms with Gasteiger partial charge in [0.15, 0.2) is 0 Å². The molecule has 1 amide bonds. The van der Waals surface area contributed by atoms with Crippen molar-refractivity contribution in [1.82, 2.24) is 20.4 Å². The van der Waals surface area contributed by atoms with E-state index >= 15 is 0 Å². The van der Waals surface area contributed by atoms with Crippen LogP contribution in [-0.2, 0) is 29.0 Å². The van der Waals surface area contributed by atoms with Crippen molar-refractivity contribution in [3.63, 3.8) is 0 Å². The molecule has 1 unspecified atom stereocenters. The molecule has 7 heteroatoms. The predicted octanol–water partition coefficient (Wildman–Crippen LogP) is 1.47. The minimum Gasteiger partial charge on any atom is -0.383 e. The van der Waals surface area contributed by atoms with E-state index in [1.165, 1.54) is 0 Å². The number of carbonyl (C=O) groups excluding carboxylic acids is 1. The van der Waals surface area contributed by atoms with Crippen LogP contribution in [0, 0.1) is 0 Å². The summed E-state index contributed by atoms with van der Waals surface area (Å²) in [6.07, 6.45) is 0.883. The van der Waals surface area contributed by atoms with E-state index < -0.39 is 0 Å². The molecule has 1 aromatic heterocycles. The molecule has 0 radical (unpaired) electrons. The monoisotopic (exact) mass is 360 g/mol. The van der Waals surface area contributed by atoms with E-state index in [0.717, 1.165) is 28.8 Å². The molecular formula is C14H25BrN4O2. The van der Waals surface area contributed by atoms with Gasteiger partial charge in [-0.05, 0) is 36.2 Å². The molecule has 0 bridgehead atoms. The fourth-order valence-electron chi connectivity index (χ4n) is 1.96. The predicted molar refractivity (Wildman–Crippen MR) is 86.2 cm³/mol. The Balaban J connectivity index is 2.58. The lowest BCUT2D eigenvalue weighted by Crippen LogP contribution is -2.43. The van der Waals surface area contributed by atoms with Gasteiger partial charge in [0.25, 0.3) is 0 Å². The quantitative estimate of drug-likeness (QED) is 0.654. The van der Waals surface area contributed by atoms with E-state index in [4.69, 9.17) is 4.74 Å². The van der Waals surface area contributed by atoms with Gasteiger partial charge in [-0.2, -0.15) is 5.10 Å². The van der Waals surface area contributed by atoms with Crippen LogP contribution in [-0.4, -0.2) is 42.0 Å². The first-order valence-corrected chi connectivity index (χ1v) is 8.08. The molecule has 0 saturated heterocycles. The Morgan fingerprint density at radius 2 is 2.19 bits per heavy atom. The van der Waals surface area contributed by atoms with Gasteiger partial charge in [0.05, 0.1) is 28.5 Å². The number of rotatable bonds is 9. The minimum absolute atomic E-state index is 0.0264. The molecule has 2 N–H and O–H groups in total. The lowest BCUT2D eigenvalue weighted by molar-refractivity contribution is -0.123. The van der Waals surface area contributed by atoms with E-state index in [9.17, 15) is 4.79 Å². The van der Waals surface area contributed by atoms with Gasteiger partial charge in [-0.15, -0.1) is 0 Å². The van der Waals surface area contributed by atoms with Crippen molar-refractivity contribution in [2.24, 2.45) is 0 Å². The van der Waals surface area contributed by atoms with Crippen LogP contribution in [0.2, 0.25) is 0 Å². The van der Waals surface area contributed by atoms with Crippen molar-refractivity contribution in [3.8, 4) is 0 Å². The van der Waals surface area contributed by atoms with Crippen LogP contribution >= 0.6 is 15.9 Å². The number of nitrogens with one attached hydrogen (secondary N) is 2. The van der Waals surface area contributed by atoms with Crippen LogP contribution in [0.1, 0.15) is 32.2 Å². The standard InChI is InChI=1S/C14H25BrN4O2/c1-5-11-13(15)12(19(6-2)18-11)9-17-10(3)14(20)16-7-8-21-4/h10,17H,5-9H2,1-4H3,(H,16,20). The summed E-state index contributed by atoms with van der Waals surface area (Å²) in [4.78, 5) is 11.9. The molecule has 21 heavy (non-hydrogen) atoms. The normalized spacial score (nSPS) is 12.4. The van der Waals surface area contributed by atoms with Gasteiger partial charge >= 0.3 is 0 Å². The minimum atomic E-state index is -0.265. The summed E-state index contributed by atoms with van der Waals surface area (Å²) in [5.74, 6) is -0.0264. The zero-order chi connectivity index (χ0) is 15.8. The Kier molecular flexibility index (Phi) is 7.92. The number of amides is 1. The van der Waals surface area contributed by atoms with Gasteiger partial charge in [0, 0.05) is 26.7 Å². The molecular weight excluding hydrogens is 336 g/mol. The molecule has 0 aliphatic rings. The first-order valence-electron chi connectivity index (χ1n) is 7.29. The molecule has 1 heterocycles. The highest BCUT2D eigenvalue weighted by Crippen LogP contribution is 2.22. The molecule has 1 rings (SSSR count). The number of carbonyl (C=O) groups is 1. The van der Waals surface area contributed by atoms with Crippen molar-refractivity contribution >= 4 is 21.8 Å². The fraction of sp³-hybridized carbons (Fsp3) is 0.714. The number of aromatic nitrogens is 2. The maximum atomic E-state index is 11.9. The van der Waals surface area contributed by atoms with Crippen molar-refractivity contribution in [3.05, 3.63) is 15.9 Å². The summed E-state index contributed by atoms with van der Waals surface area (Å²) in [5, 5.41) is 10.6. The summed E-state index contributed by atoms with van der Waals surface area (Å²) in [6, 6.07) is -0.265. The fourth-order valence-corrected chi connectivity index (χ4v) is 2.66. The zero-order valence-electron chi connectivity index (χ0n) is 13.2. The summed E-state index contributed by atoms with van der Waals surface area (Å²) in [5.41, 5.74) is 2.12. The molecule has 0 fully saturated rings. The Hall–Kier alpha value is -0.920. The van der Waals surface area contributed by atoms with Crippen molar-refractivity contribution in [2.45, 2.75) is 46.3 Å². The van der Waals surface area contributed by atoms with Crippen LogP contribution < -0.4 is 10.6 Å². The highest BCUT2D eigenvalue weighted by atomic mass is 79.9. The largest absolute Gasteiger partial charge is 0.383 e. The smallest absolute Gasteiger partial charge is 0.236 e. The van der Waals surface area contributed by atoms with Crippen LogP contribution in [0.3, 0.4) is 0 Å². The topological polar surface area (TPSA) is 68.2 Å². The van der Waals surface area contributed by atoms with Gasteiger partial charge in [-0.3, -0.25) is 9.48 Å². The number of aryl methyl sites for hydroxylation is 2. The van der Waals surface area contributed by atoms with Gasteiger partial charge < -0.3 is 15.4 Å². The maximum absolute atomic E-state index is 11.9. The second-order valence-corrected chi connectivity index (χ2v) is 5.56. The molecule has 120 valence electrons. The second-order valence-electron chi connectivity index (χ2n) is 4.76. The molecule has 0 aliphatic heterocycles. The number of halogens is 1. The Morgan fingerprint density at radius 3 is 2.76 bits per heavy atom. The number of hydrogen-bond donors (Lipinski definition) is 2. The number of ether oxygens (including phenoxy) is 1. The van der Waals surface area contributed by atoms with Crippen molar-refractivity contribution in [1.29, 1.82) is 0 Å². The summed E-state index contributed by atoms with van der Waals surface area (Å²) in [6.45, 7) is 8.44.